The molecule has 0 aliphatic heterocycles. The molecule has 0 saturated heterocycles. The minimum atomic E-state index is -0.120. The third-order valence-electron chi connectivity index (χ3n) is 2.93. The number of aromatic nitrogens is 1. The zero-order valence-electron chi connectivity index (χ0n) is 11.3. The van der Waals surface area contributed by atoms with Crippen LogP contribution in [0.15, 0.2) is 47.6 Å². The van der Waals surface area contributed by atoms with E-state index >= 15 is 0 Å². The van der Waals surface area contributed by atoms with Crippen LogP contribution in [-0.4, -0.2) is 17.1 Å². The average molecular weight is 307 g/mol. The third kappa shape index (κ3) is 3.52. The number of carbonyl (C=O) groups is 1. The number of thioether (sulfide) groups is 1. The van der Waals surface area contributed by atoms with Gasteiger partial charge in [0.15, 0.2) is 0 Å². The molecule has 0 fully saturated rings. The van der Waals surface area contributed by atoms with Crippen molar-refractivity contribution in [1.29, 1.82) is 0 Å². The van der Waals surface area contributed by atoms with E-state index in [-0.39, 0.29) is 11.9 Å². The number of halogens is 1. The van der Waals surface area contributed by atoms with Crippen LogP contribution in [0, 0.1) is 0 Å². The van der Waals surface area contributed by atoms with Crippen molar-refractivity contribution in [3.8, 4) is 0 Å². The van der Waals surface area contributed by atoms with Crippen LogP contribution in [-0.2, 0) is 0 Å². The van der Waals surface area contributed by atoms with Crippen molar-refractivity contribution >= 4 is 29.3 Å². The molecule has 0 bridgehead atoms. The summed E-state index contributed by atoms with van der Waals surface area (Å²) in [6, 6.07) is 10.9. The summed E-state index contributed by atoms with van der Waals surface area (Å²) in [5.41, 5.74) is 1.61. The molecule has 104 valence electrons. The topological polar surface area (TPSA) is 42.0 Å². The van der Waals surface area contributed by atoms with Crippen LogP contribution < -0.4 is 5.32 Å². The molecule has 1 aromatic heterocycles. The number of rotatable bonds is 4. The van der Waals surface area contributed by atoms with E-state index in [9.17, 15) is 4.79 Å². The number of hydrogen-bond donors (Lipinski definition) is 1. The van der Waals surface area contributed by atoms with E-state index < -0.39 is 0 Å². The van der Waals surface area contributed by atoms with Gasteiger partial charge in [0.05, 0.1) is 11.6 Å². The van der Waals surface area contributed by atoms with E-state index in [4.69, 9.17) is 11.6 Å². The second kappa shape index (κ2) is 6.77. The van der Waals surface area contributed by atoms with Crippen molar-refractivity contribution in [2.45, 2.75) is 18.0 Å². The van der Waals surface area contributed by atoms with E-state index in [1.165, 1.54) is 11.8 Å². The van der Waals surface area contributed by atoms with Crippen LogP contribution >= 0.6 is 23.4 Å². The number of amides is 1. The van der Waals surface area contributed by atoms with E-state index in [0.717, 1.165) is 10.6 Å². The number of nitrogens with zero attached hydrogens (tertiary/aromatic N) is 1. The predicted octanol–water partition coefficient (Wildman–Crippen LogP) is 3.95. The third-order valence-corrected chi connectivity index (χ3v) is 3.89. The second-order valence-electron chi connectivity index (χ2n) is 4.31. The first kappa shape index (κ1) is 14.9. The molecule has 2 rings (SSSR count). The lowest BCUT2D eigenvalue weighted by Crippen LogP contribution is -2.27. The van der Waals surface area contributed by atoms with Crippen LogP contribution in [0.5, 0.6) is 0 Å². The van der Waals surface area contributed by atoms with Gasteiger partial charge in [-0.2, -0.15) is 0 Å². The fraction of sp³-hybridized carbons (Fsp3) is 0.200. The summed E-state index contributed by atoms with van der Waals surface area (Å²) in [4.78, 5) is 16.5. The standard InChI is InChI=1S/C15H15ClN2OS/c1-10(11-5-7-12(16)8-6-11)18-14(19)13-4-3-9-17-15(13)20-2/h3-10H,1-2H3,(H,18,19). The van der Waals surface area contributed by atoms with Crippen molar-refractivity contribution < 1.29 is 4.79 Å². The number of pyridine rings is 1. The summed E-state index contributed by atoms with van der Waals surface area (Å²) >= 11 is 7.32. The summed E-state index contributed by atoms with van der Waals surface area (Å²) in [7, 11) is 0. The van der Waals surface area contributed by atoms with Gasteiger partial charge in [0.2, 0.25) is 0 Å². The monoisotopic (exact) mass is 306 g/mol. The highest BCUT2D eigenvalue weighted by atomic mass is 35.5. The van der Waals surface area contributed by atoms with Crippen molar-refractivity contribution in [3.05, 3.63) is 58.7 Å². The highest BCUT2D eigenvalue weighted by molar-refractivity contribution is 7.98. The van der Waals surface area contributed by atoms with Crippen molar-refractivity contribution in [3.63, 3.8) is 0 Å². The quantitative estimate of drug-likeness (QED) is 0.870. The summed E-state index contributed by atoms with van der Waals surface area (Å²) < 4.78 is 0. The molecule has 20 heavy (non-hydrogen) atoms. The molecular weight excluding hydrogens is 292 g/mol. The molecule has 1 aromatic carbocycles. The zero-order valence-corrected chi connectivity index (χ0v) is 12.8. The Morgan fingerprint density at radius 3 is 2.65 bits per heavy atom. The normalized spacial score (nSPS) is 11.9. The Kier molecular flexibility index (Phi) is 5.04. The van der Waals surface area contributed by atoms with Gasteiger partial charge < -0.3 is 5.32 Å². The smallest absolute Gasteiger partial charge is 0.254 e. The van der Waals surface area contributed by atoms with Gasteiger partial charge in [-0.25, -0.2) is 4.98 Å². The van der Waals surface area contributed by atoms with Gasteiger partial charge in [-0.15, -0.1) is 11.8 Å². The van der Waals surface area contributed by atoms with E-state index in [2.05, 4.69) is 10.3 Å². The Morgan fingerprint density at radius 2 is 2.00 bits per heavy atom. The molecule has 1 unspecified atom stereocenters. The van der Waals surface area contributed by atoms with Gasteiger partial charge in [0.25, 0.3) is 5.91 Å². The molecule has 0 aliphatic carbocycles. The average Bonchev–Trinajstić information content (AvgIpc) is 2.47. The Labute approximate surface area is 127 Å². The van der Waals surface area contributed by atoms with Gasteiger partial charge in [-0.05, 0) is 43.0 Å². The minimum absolute atomic E-state index is 0.0883. The summed E-state index contributed by atoms with van der Waals surface area (Å²) in [6.45, 7) is 1.94. The van der Waals surface area contributed by atoms with Gasteiger partial charge >= 0.3 is 0 Å². The summed E-state index contributed by atoms with van der Waals surface area (Å²) in [5.74, 6) is -0.120. The number of nitrogens with one attached hydrogen (secondary N) is 1. The Hall–Kier alpha value is -1.52. The largest absolute Gasteiger partial charge is 0.345 e. The number of hydrogen-bond acceptors (Lipinski definition) is 3. The van der Waals surface area contributed by atoms with Crippen molar-refractivity contribution in [2.75, 3.05) is 6.26 Å². The molecular formula is C15H15ClN2OS. The van der Waals surface area contributed by atoms with E-state index in [1.54, 1.807) is 18.3 Å². The number of benzene rings is 1. The van der Waals surface area contributed by atoms with Crippen molar-refractivity contribution in [1.82, 2.24) is 10.3 Å². The Balaban J connectivity index is 2.13. The highest BCUT2D eigenvalue weighted by Crippen LogP contribution is 2.19. The minimum Gasteiger partial charge on any atom is -0.345 e. The maximum absolute atomic E-state index is 12.3. The van der Waals surface area contributed by atoms with Gasteiger partial charge in [0.1, 0.15) is 5.03 Å². The second-order valence-corrected chi connectivity index (χ2v) is 5.54. The highest BCUT2D eigenvalue weighted by Gasteiger charge is 2.14. The van der Waals surface area contributed by atoms with Crippen LogP contribution in [0.25, 0.3) is 0 Å². The van der Waals surface area contributed by atoms with Crippen LogP contribution in [0.2, 0.25) is 5.02 Å². The van der Waals surface area contributed by atoms with E-state index in [0.29, 0.717) is 10.6 Å². The summed E-state index contributed by atoms with van der Waals surface area (Å²) in [6.07, 6.45) is 3.59. The molecule has 1 amide bonds. The molecule has 2 aromatic rings. The molecule has 1 atom stereocenters. The Bertz CT molecular complexity index is 601. The molecule has 0 aliphatic rings. The van der Waals surface area contributed by atoms with Crippen LogP contribution in [0.4, 0.5) is 0 Å². The summed E-state index contributed by atoms with van der Waals surface area (Å²) in [5, 5.41) is 4.39. The SMILES string of the molecule is CSc1ncccc1C(=O)NC(C)c1ccc(Cl)cc1. The molecule has 1 N–H and O–H groups in total. The lowest BCUT2D eigenvalue weighted by molar-refractivity contribution is 0.0936. The fourth-order valence-electron chi connectivity index (χ4n) is 1.84. The predicted molar refractivity (Wildman–Crippen MR) is 83.4 cm³/mol. The molecule has 3 nitrogen and oxygen atoms in total. The van der Waals surface area contributed by atoms with Crippen LogP contribution in [0.1, 0.15) is 28.9 Å². The molecule has 0 spiro atoms. The van der Waals surface area contributed by atoms with Gasteiger partial charge in [-0.1, -0.05) is 23.7 Å². The lowest BCUT2D eigenvalue weighted by atomic mass is 10.1. The van der Waals surface area contributed by atoms with E-state index in [1.807, 2.05) is 37.4 Å². The lowest BCUT2D eigenvalue weighted by Gasteiger charge is -2.15. The number of carbonyl (C=O) groups excluding carboxylic acids is 1. The Morgan fingerprint density at radius 1 is 1.30 bits per heavy atom. The van der Waals surface area contributed by atoms with Crippen molar-refractivity contribution in [2.24, 2.45) is 0 Å². The zero-order chi connectivity index (χ0) is 14.5. The maximum Gasteiger partial charge on any atom is 0.254 e. The molecule has 1 heterocycles. The molecule has 5 heteroatoms. The van der Waals surface area contributed by atoms with Gasteiger partial charge in [0, 0.05) is 11.2 Å². The first-order valence-corrected chi connectivity index (χ1v) is 7.77. The van der Waals surface area contributed by atoms with Crippen LogP contribution in [0.3, 0.4) is 0 Å². The molecule has 0 radical (unpaired) electrons. The van der Waals surface area contributed by atoms with Gasteiger partial charge in [-0.3, -0.25) is 4.79 Å². The molecule has 0 saturated carbocycles. The maximum atomic E-state index is 12.3. The first-order chi connectivity index (χ1) is 9.61. The fourth-order valence-corrected chi connectivity index (χ4v) is 2.51. The first-order valence-electron chi connectivity index (χ1n) is 6.17.